The molecule has 2 aromatic carbocycles. The number of hydrogen-bond donors (Lipinski definition) is 1. The van der Waals surface area contributed by atoms with Gasteiger partial charge >= 0.3 is 0 Å². The van der Waals surface area contributed by atoms with Gasteiger partial charge in [-0.15, -0.1) is 0 Å². The van der Waals surface area contributed by atoms with Gasteiger partial charge in [-0.25, -0.2) is 9.36 Å². The van der Waals surface area contributed by atoms with Crippen LogP contribution in [-0.4, -0.2) is 37.1 Å². The lowest BCUT2D eigenvalue weighted by Gasteiger charge is -2.16. The molecule has 0 saturated carbocycles. The molecule has 0 aliphatic carbocycles. The van der Waals surface area contributed by atoms with Crippen molar-refractivity contribution in [3.8, 4) is 17.3 Å². The Labute approximate surface area is 207 Å². The van der Waals surface area contributed by atoms with Gasteiger partial charge in [-0.2, -0.15) is 10.2 Å². The van der Waals surface area contributed by atoms with Crippen LogP contribution in [-0.2, 0) is 11.3 Å². The number of nitrogens with one attached hydrogen (secondary N) is 1. The van der Waals surface area contributed by atoms with Crippen molar-refractivity contribution in [1.29, 1.82) is 0 Å². The van der Waals surface area contributed by atoms with Crippen LogP contribution in [0, 0.1) is 6.92 Å². The summed E-state index contributed by atoms with van der Waals surface area (Å²) in [6, 6.07) is 20.0. The van der Waals surface area contributed by atoms with Gasteiger partial charge in [0.05, 0.1) is 18.5 Å². The number of rotatable bonds is 7. The van der Waals surface area contributed by atoms with Crippen molar-refractivity contribution in [1.82, 2.24) is 29.4 Å². The standard InChI is InChI=1S/C27H26N6O3/c1-18-24-23(26(31-15-9-10-16-31)33(30-24)21-12-5-4-6-13-21)27(35)32(29-18)19(2)25(34)28-17-20-11-7-8-14-22(20)36-3/h4-16,19H,17H2,1-3H3,(H,28,34)/t19-/m0/s1. The molecule has 9 heteroatoms. The Balaban J connectivity index is 1.57. The van der Waals surface area contributed by atoms with Gasteiger partial charge in [0, 0.05) is 24.5 Å². The molecule has 5 aromatic rings. The number of methoxy groups -OCH3 is 1. The summed E-state index contributed by atoms with van der Waals surface area (Å²) < 4.78 is 10.2. The van der Waals surface area contributed by atoms with Crippen LogP contribution in [0.1, 0.15) is 24.2 Å². The molecular weight excluding hydrogens is 456 g/mol. The molecule has 3 aromatic heterocycles. The molecule has 5 rings (SSSR count). The number of carbonyl (C=O) groups is 1. The summed E-state index contributed by atoms with van der Waals surface area (Å²) in [6.45, 7) is 3.72. The number of nitrogens with zero attached hydrogens (tertiary/aromatic N) is 5. The molecule has 0 aliphatic rings. The number of para-hydroxylation sites is 2. The van der Waals surface area contributed by atoms with Crippen LogP contribution in [0.25, 0.3) is 22.4 Å². The molecule has 0 unspecified atom stereocenters. The summed E-state index contributed by atoms with van der Waals surface area (Å²) in [5, 5.41) is 12.5. The maximum Gasteiger partial charge on any atom is 0.280 e. The zero-order chi connectivity index (χ0) is 25.2. The van der Waals surface area contributed by atoms with Crippen LogP contribution in [0.15, 0.2) is 83.9 Å². The van der Waals surface area contributed by atoms with Gasteiger partial charge < -0.3 is 14.6 Å². The van der Waals surface area contributed by atoms with Crippen molar-refractivity contribution in [3.05, 3.63) is 101 Å². The molecule has 0 spiro atoms. The fraction of sp³-hybridized carbons (Fsp3) is 0.185. The lowest BCUT2D eigenvalue weighted by atomic mass is 10.2. The monoisotopic (exact) mass is 482 g/mol. The highest BCUT2D eigenvalue weighted by atomic mass is 16.5. The molecule has 0 bridgehead atoms. The van der Waals surface area contributed by atoms with Crippen LogP contribution in [0.2, 0.25) is 0 Å². The fourth-order valence-electron chi connectivity index (χ4n) is 4.24. The first-order valence-corrected chi connectivity index (χ1v) is 11.6. The largest absolute Gasteiger partial charge is 0.496 e. The lowest BCUT2D eigenvalue weighted by Crippen LogP contribution is -2.37. The maximum absolute atomic E-state index is 13.8. The Kier molecular flexibility index (Phi) is 6.12. The third-order valence-corrected chi connectivity index (χ3v) is 6.13. The topological polar surface area (TPSA) is 96.0 Å². The van der Waals surface area contributed by atoms with E-state index in [2.05, 4.69) is 10.4 Å². The van der Waals surface area contributed by atoms with Gasteiger partial charge in [0.1, 0.15) is 22.7 Å². The number of ether oxygens (including phenoxy) is 1. The predicted octanol–water partition coefficient (Wildman–Crippen LogP) is 3.57. The zero-order valence-electron chi connectivity index (χ0n) is 20.3. The van der Waals surface area contributed by atoms with Crippen molar-refractivity contribution in [3.63, 3.8) is 0 Å². The minimum atomic E-state index is -0.840. The first kappa shape index (κ1) is 23.1. The molecule has 1 N–H and O–H groups in total. The van der Waals surface area contributed by atoms with Gasteiger partial charge in [0.25, 0.3) is 5.56 Å². The molecule has 0 fully saturated rings. The quantitative estimate of drug-likeness (QED) is 0.383. The van der Waals surface area contributed by atoms with Crippen LogP contribution in [0.4, 0.5) is 0 Å². The Hall–Kier alpha value is -4.66. The molecule has 1 atom stereocenters. The highest BCUT2D eigenvalue weighted by Gasteiger charge is 2.25. The molecule has 0 saturated heterocycles. The van der Waals surface area contributed by atoms with E-state index in [-0.39, 0.29) is 18.0 Å². The highest BCUT2D eigenvalue weighted by Crippen LogP contribution is 2.25. The van der Waals surface area contributed by atoms with Crippen molar-refractivity contribution < 1.29 is 9.53 Å². The lowest BCUT2D eigenvalue weighted by molar-refractivity contribution is -0.124. The second-order valence-corrected chi connectivity index (χ2v) is 8.43. The third kappa shape index (κ3) is 4.04. The Bertz CT molecular complexity index is 1590. The van der Waals surface area contributed by atoms with E-state index in [4.69, 9.17) is 9.84 Å². The summed E-state index contributed by atoms with van der Waals surface area (Å²) >= 11 is 0. The van der Waals surface area contributed by atoms with Crippen molar-refractivity contribution >= 4 is 16.8 Å². The van der Waals surface area contributed by atoms with E-state index >= 15 is 0 Å². The number of hydrogen-bond acceptors (Lipinski definition) is 5. The molecule has 9 nitrogen and oxygen atoms in total. The average molecular weight is 483 g/mol. The van der Waals surface area contributed by atoms with E-state index < -0.39 is 6.04 Å². The number of benzene rings is 2. The van der Waals surface area contributed by atoms with E-state index in [9.17, 15) is 9.59 Å². The Morgan fingerprint density at radius 2 is 1.69 bits per heavy atom. The van der Waals surface area contributed by atoms with Crippen molar-refractivity contribution in [2.75, 3.05) is 7.11 Å². The van der Waals surface area contributed by atoms with Crippen LogP contribution in [0.5, 0.6) is 5.75 Å². The first-order chi connectivity index (χ1) is 17.5. The number of carbonyl (C=O) groups excluding carboxylic acids is 1. The SMILES string of the molecule is COc1ccccc1CNC(=O)[C@H](C)n1nc(C)c2nn(-c3ccccc3)c(-n3cccc3)c2c1=O. The molecule has 3 heterocycles. The molecule has 0 radical (unpaired) electrons. The molecule has 1 amide bonds. The van der Waals surface area contributed by atoms with Crippen LogP contribution in [0.3, 0.4) is 0 Å². The number of aryl methyl sites for hydroxylation is 1. The molecule has 182 valence electrons. The number of amides is 1. The van der Waals surface area contributed by atoms with Crippen LogP contribution >= 0.6 is 0 Å². The smallest absolute Gasteiger partial charge is 0.280 e. The summed E-state index contributed by atoms with van der Waals surface area (Å²) in [4.78, 5) is 26.9. The molecular formula is C27H26N6O3. The Morgan fingerprint density at radius 3 is 2.42 bits per heavy atom. The van der Waals surface area contributed by atoms with E-state index in [1.807, 2.05) is 83.7 Å². The minimum Gasteiger partial charge on any atom is -0.496 e. The number of aromatic nitrogens is 5. The fourth-order valence-corrected chi connectivity index (χ4v) is 4.24. The Morgan fingerprint density at radius 1 is 1.00 bits per heavy atom. The van der Waals surface area contributed by atoms with E-state index in [1.165, 1.54) is 4.68 Å². The summed E-state index contributed by atoms with van der Waals surface area (Å²) in [5.41, 5.74) is 2.31. The average Bonchev–Trinajstić information content (AvgIpc) is 3.58. The van der Waals surface area contributed by atoms with Gasteiger partial charge in [-0.1, -0.05) is 36.4 Å². The van der Waals surface area contributed by atoms with Crippen molar-refractivity contribution in [2.24, 2.45) is 0 Å². The van der Waals surface area contributed by atoms with E-state index in [1.54, 1.807) is 25.6 Å². The van der Waals surface area contributed by atoms with E-state index in [0.717, 1.165) is 11.3 Å². The normalized spacial score (nSPS) is 12.0. The molecule has 36 heavy (non-hydrogen) atoms. The minimum absolute atomic E-state index is 0.268. The summed E-state index contributed by atoms with van der Waals surface area (Å²) in [5.74, 6) is 0.946. The van der Waals surface area contributed by atoms with Gasteiger partial charge in [0.15, 0.2) is 5.82 Å². The van der Waals surface area contributed by atoms with Gasteiger partial charge in [-0.05, 0) is 44.2 Å². The van der Waals surface area contributed by atoms with Crippen molar-refractivity contribution in [2.45, 2.75) is 26.4 Å². The van der Waals surface area contributed by atoms with Gasteiger partial charge in [0.2, 0.25) is 5.91 Å². The zero-order valence-corrected chi connectivity index (χ0v) is 20.3. The summed E-state index contributed by atoms with van der Waals surface area (Å²) in [7, 11) is 1.59. The summed E-state index contributed by atoms with van der Waals surface area (Å²) in [6.07, 6.45) is 3.72. The maximum atomic E-state index is 13.8. The number of fused-ring (bicyclic) bond motifs is 1. The highest BCUT2D eigenvalue weighted by molar-refractivity contribution is 5.88. The van der Waals surface area contributed by atoms with Crippen LogP contribution < -0.4 is 15.6 Å². The van der Waals surface area contributed by atoms with Gasteiger partial charge in [-0.3, -0.25) is 9.59 Å². The van der Waals surface area contributed by atoms with E-state index in [0.29, 0.717) is 28.2 Å². The second-order valence-electron chi connectivity index (χ2n) is 8.43. The second kappa shape index (κ2) is 9.53. The third-order valence-electron chi connectivity index (χ3n) is 6.13. The first-order valence-electron chi connectivity index (χ1n) is 11.6. The predicted molar refractivity (Wildman–Crippen MR) is 137 cm³/mol. The molecule has 0 aliphatic heterocycles.